The molecule has 0 saturated carbocycles. The minimum absolute atomic E-state index is 0. The first-order valence-corrected chi connectivity index (χ1v) is 10.1. The van der Waals surface area contributed by atoms with E-state index in [1.165, 1.54) is 38.5 Å². The molecule has 0 amide bonds. The summed E-state index contributed by atoms with van der Waals surface area (Å²) >= 11 is 0. The van der Waals surface area contributed by atoms with Crippen molar-refractivity contribution in [2.24, 2.45) is 0 Å². The summed E-state index contributed by atoms with van der Waals surface area (Å²) in [6, 6.07) is 0. The van der Waals surface area contributed by atoms with Gasteiger partial charge in [-0.05, 0) is 6.42 Å². The van der Waals surface area contributed by atoms with E-state index in [1.807, 2.05) is 0 Å². The van der Waals surface area contributed by atoms with E-state index in [9.17, 15) is 18.0 Å². The fourth-order valence-electron chi connectivity index (χ4n) is 2.32. The summed E-state index contributed by atoms with van der Waals surface area (Å²) in [7, 11) is -4.78. The van der Waals surface area contributed by atoms with E-state index in [0.29, 0.717) is 6.42 Å². The van der Waals surface area contributed by atoms with Crippen LogP contribution in [0.2, 0.25) is 0 Å². The van der Waals surface area contributed by atoms with Gasteiger partial charge in [-0.15, -0.1) is 0 Å². The summed E-state index contributed by atoms with van der Waals surface area (Å²) in [4.78, 5) is 22.1. The SMILES string of the molecule is CCCCCCCCCCCCOC(=O)C(CC(=O)O)S(=O)(=O)O.[NaH].[NaH].[NaH].[NaH]. The molecule has 0 saturated heterocycles. The number of aliphatic carboxylic acids is 1. The van der Waals surface area contributed by atoms with Gasteiger partial charge in [-0.3, -0.25) is 14.1 Å². The van der Waals surface area contributed by atoms with Gasteiger partial charge in [0.25, 0.3) is 10.1 Å². The molecule has 0 aromatic rings. The van der Waals surface area contributed by atoms with E-state index in [2.05, 4.69) is 6.92 Å². The van der Waals surface area contributed by atoms with Gasteiger partial charge < -0.3 is 9.84 Å². The number of hydrogen-bond acceptors (Lipinski definition) is 5. The molecule has 150 valence electrons. The summed E-state index contributed by atoms with van der Waals surface area (Å²) in [5, 5.41) is 6.52. The molecule has 0 aliphatic rings. The number of carboxylic acids is 1. The van der Waals surface area contributed by atoms with Crippen molar-refractivity contribution >= 4 is 140 Å². The van der Waals surface area contributed by atoms with Gasteiger partial charge in [0.1, 0.15) is 0 Å². The molecule has 0 rings (SSSR count). The molecule has 1 unspecified atom stereocenters. The summed E-state index contributed by atoms with van der Waals surface area (Å²) < 4.78 is 35.6. The molecule has 0 aromatic carbocycles. The zero-order valence-corrected chi connectivity index (χ0v) is 15.2. The first kappa shape index (κ1) is 41.1. The third kappa shape index (κ3) is 25.1. The molecular weight excluding hydrogens is 428 g/mol. The monoisotopic (exact) mass is 462 g/mol. The molecule has 7 nitrogen and oxygen atoms in total. The predicted molar refractivity (Wildman–Crippen MR) is 119 cm³/mol. The van der Waals surface area contributed by atoms with Crippen LogP contribution in [0.4, 0.5) is 0 Å². The van der Waals surface area contributed by atoms with Crippen molar-refractivity contribution in [1.29, 1.82) is 0 Å². The van der Waals surface area contributed by atoms with Crippen molar-refractivity contribution < 1.29 is 32.4 Å². The molecule has 0 aliphatic heterocycles. The fraction of sp³-hybridized carbons (Fsp3) is 0.875. The Morgan fingerprint density at radius 2 is 1.21 bits per heavy atom. The summed E-state index contributed by atoms with van der Waals surface area (Å²) in [5.41, 5.74) is 0. The number of ether oxygens (including phenoxy) is 1. The zero-order chi connectivity index (χ0) is 18.4. The summed E-state index contributed by atoms with van der Waals surface area (Å²) in [5.74, 6) is -2.70. The van der Waals surface area contributed by atoms with Gasteiger partial charge in [0, 0.05) is 0 Å². The number of esters is 1. The van der Waals surface area contributed by atoms with Gasteiger partial charge in [0.05, 0.1) is 13.0 Å². The van der Waals surface area contributed by atoms with Gasteiger partial charge in [0.15, 0.2) is 5.25 Å². The van der Waals surface area contributed by atoms with E-state index >= 15 is 0 Å². The van der Waals surface area contributed by atoms with Crippen LogP contribution in [-0.2, 0) is 24.4 Å². The molecule has 0 radical (unpaired) electrons. The number of hydrogen-bond donors (Lipinski definition) is 2. The van der Waals surface area contributed by atoms with Crippen LogP contribution < -0.4 is 0 Å². The van der Waals surface area contributed by atoms with Gasteiger partial charge in [-0.25, -0.2) is 0 Å². The molecule has 0 heterocycles. The van der Waals surface area contributed by atoms with Gasteiger partial charge in [-0.1, -0.05) is 64.7 Å². The van der Waals surface area contributed by atoms with Crippen LogP contribution in [0.3, 0.4) is 0 Å². The van der Waals surface area contributed by atoms with Crippen molar-refractivity contribution in [3.05, 3.63) is 0 Å². The minimum atomic E-state index is -4.78. The molecule has 28 heavy (non-hydrogen) atoms. The van der Waals surface area contributed by atoms with E-state index in [4.69, 9.17) is 14.4 Å². The fourth-order valence-corrected chi connectivity index (χ4v) is 2.99. The third-order valence-corrected chi connectivity index (χ3v) is 4.80. The molecule has 2 N–H and O–H groups in total. The quantitative estimate of drug-likeness (QED) is 0.158. The molecule has 0 spiro atoms. The summed E-state index contributed by atoms with van der Waals surface area (Å²) in [6.07, 6.45) is 10.1. The molecule has 0 fully saturated rings. The number of carbonyl (C=O) groups excluding carboxylic acids is 1. The summed E-state index contributed by atoms with van der Waals surface area (Å²) in [6.45, 7) is 2.22. The standard InChI is InChI=1S/C16H30O7S.4Na.4H/c1-2-3-4-5-6-7-8-9-10-11-12-23-16(19)14(13-15(17)18)24(20,21)22;;;;;;;;/h14H,2-13H2,1H3,(H,17,18)(H,20,21,22);;;;;;;;. The van der Waals surface area contributed by atoms with Crippen molar-refractivity contribution in [3.63, 3.8) is 0 Å². The Hall–Kier alpha value is 2.85. The van der Waals surface area contributed by atoms with Crippen LogP contribution >= 0.6 is 0 Å². The van der Waals surface area contributed by atoms with Crippen LogP contribution in [0.1, 0.15) is 77.6 Å². The normalized spacial score (nSPS) is 10.9. The Kier molecular flexibility index (Phi) is 38.4. The second-order valence-electron chi connectivity index (χ2n) is 5.95. The Labute approximate surface area is 258 Å². The average Bonchev–Trinajstić information content (AvgIpc) is 2.48. The molecule has 0 aliphatic carbocycles. The van der Waals surface area contributed by atoms with E-state index in [0.717, 1.165) is 19.3 Å². The molecular formula is C16H34Na4O7S. The number of rotatable bonds is 15. The molecule has 0 aromatic heterocycles. The maximum atomic E-state index is 11.6. The third-order valence-electron chi connectivity index (χ3n) is 3.72. The van der Waals surface area contributed by atoms with Crippen LogP contribution in [-0.4, -0.2) is 160 Å². The van der Waals surface area contributed by atoms with Crippen molar-refractivity contribution in [1.82, 2.24) is 0 Å². The van der Waals surface area contributed by atoms with Crippen LogP contribution in [0.25, 0.3) is 0 Å². The topological polar surface area (TPSA) is 118 Å². The van der Waals surface area contributed by atoms with E-state index in [1.54, 1.807) is 0 Å². The molecule has 12 heteroatoms. The Morgan fingerprint density at radius 1 is 0.821 bits per heavy atom. The van der Waals surface area contributed by atoms with Crippen LogP contribution in [0, 0.1) is 0 Å². The van der Waals surface area contributed by atoms with Crippen LogP contribution in [0.5, 0.6) is 0 Å². The van der Waals surface area contributed by atoms with Crippen molar-refractivity contribution in [3.8, 4) is 0 Å². The van der Waals surface area contributed by atoms with Crippen molar-refractivity contribution in [2.75, 3.05) is 6.61 Å². The molecule has 0 bridgehead atoms. The number of carboxylic acid groups (broad SMARTS) is 1. The predicted octanol–water partition coefficient (Wildman–Crippen LogP) is 0.588. The maximum absolute atomic E-state index is 11.6. The average molecular weight is 462 g/mol. The first-order valence-electron chi connectivity index (χ1n) is 8.63. The van der Waals surface area contributed by atoms with E-state index < -0.39 is 33.7 Å². The molecule has 1 atom stereocenters. The second-order valence-corrected chi connectivity index (χ2v) is 7.55. The Bertz CT molecular complexity index is 476. The van der Waals surface area contributed by atoms with Crippen molar-refractivity contribution in [2.45, 2.75) is 82.8 Å². The number of unbranched alkanes of at least 4 members (excludes halogenated alkanes) is 9. The number of carbonyl (C=O) groups is 2. The van der Waals surface area contributed by atoms with Gasteiger partial charge in [-0.2, -0.15) is 8.42 Å². The first-order chi connectivity index (χ1) is 11.3. The van der Waals surface area contributed by atoms with Gasteiger partial charge in [0.2, 0.25) is 0 Å². The zero-order valence-electron chi connectivity index (χ0n) is 14.4. The van der Waals surface area contributed by atoms with Crippen LogP contribution in [0.15, 0.2) is 0 Å². The Balaban J connectivity index is -0.000000441. The van der Waals surface area contributed by atoms with Gasteiger partial charge >= 0.3 is 130 Å². The second kappa shape index (κ2) is 26.1. The van der Waals surface area contributed by atoms with E-state index in [-0.39, 0.29) is 125 Å². The Morgan fingerprint density at radius 3 is 1.57 bits per heavy atom.